The summed E-state index contributed by atoms with van der Waals surface area (Å²) in [5.74, 6) is -0.0835. The number of hydrogen-bond donors (Lipinski definition) is 2. The van der Waals surface area contributed by atoms with Gasteiger partial charge in [0.2, 0.25) is 5.91 Å². The van der Waals surface area contributed by atoms with E-state index in [4.69, 9.17) is 5.73 Å². The molecule has 106 valence electrons. The number of rotatable bonds is 6. The van der Waals surface area contributed by atoms with Gasteiger partial charge < -0.3 is 11.1 Å². The van der Waals surface area contributed by atoms with Gasteiger partial charge >= 0.3 is 0 Å². The SMILES string of the molecule is CCCC(N)CC(=O)Nc1cccc(-n2cnnn2)c1. The van der Waals surface area contributed by atoms with Gasteiger partial charge in [0.1, 0.15) is 6.33 Å². The molecule has 0 bridgehead atoms. The van der Waals surface area contributed by atoms with Gasteiger partial charge in [0.25, 0.3) is 0 Å². The van der Waals surface area contributed by atoms with E-state index < -0.39 is 0 Å². The molecule has 0 aliphatic rings. The second kappa shape index (κ2) is 6.76. The predicted octanol–water partition coefficient (Wildman–Crippen LogP) is 1.12. The minimum atomic E-state index is -0.0947. The lowest BCUT2D eigenvalue weighted by Crippen LogP contribution is -2.26. The second-order valence-corrected chi connectivity index (χ2v) is 4.61. The number of nitrogens with zero attached hydrogens (tertiary/aromatic N) is 4. The monoisotopic (exact) mass is 274 g/mol. The fourth-order valence-electron chi connectivity index (χ4n) is 1.93. The van der Waals surface area contributed by atoms with Gasteiger partial charge in [-0.1, -0.05) is 19.4 Å². The molecule has 7 heteroatoms. The molecule has 7 nitrogen and oxygen atoms in total. The van der Waals surface area contributed by atoms with E-state index in [9.17, 15) is 4.79 Å². The summed E-state index contributed by atoms with van der Waals surface area (Å²) in [5, 5.41) is 13.8. The van der Waals surface area contributed by atoms with Gasteiger partial charge in [-0.05, 0) is 35.0 Å². The average Bonchev–Trinajstić information content (AvgIpc) is 2.92. The van der Waals surface area contributed by atoms with Crippen LogP contribution in [0.25, 0.3) is 5.69 Å². The van der Waals surface area contributed by atoms with Crippen molar-refractivity contribution in [2.24, 2.45) is 5.73 Å². The lowest BCUT2D eigenvalue weighted by molar-refractivity contribution is -0.116. The number of tetrazole rings is 1. The Balaban J connectivity index is 1.99. The van der Waals surface area contributed by atoms with Crippen molar-refractivity contribution in [3.8, 4) is 5.69 Å². The summed E-state index contributed by atoms with van der Waals surface area (Å²) in [7, 11) is 0. The van der Waals surface area contributed by atoms with Gasteiger partial charge in [-0.3, -0.25) is 4.79 Å². The average molecular weight is 274 g/mol. The number of carbonyl (C=O) groups excluding carboxylic acids is 1. The van der Waals surface area contributed by atoms with E-state index in [2.05, 4.69) is 20.8 Å². The Morgan fingerprint density at radius 3 is 3.05 bits per heavy atom. The van der Waals surface area contributed by atoms with Crippen molar-refractivity contribution in [3.05, 3.63) is 30.6 Å². The van der Waals surface area contributed by atoms with Gasteiger partial charge in [0, 0.05) is 18.2 Å². The van der Waals surface area contributed by atoms with Crippen LogP contribution in [0.2, 0.25) is 0 Å². The maximum absolute atomic E-state index is 11.9. The first-order valence-electron chi connectivity index (χ1n) is 6.58. The van der Waals surface area contributed by atoms with Crippen LogP contribution in [0.5, 0.6) is 0 Å². The molecular formula is C13H18N6O. The summed E-state index contributed by atoms with van der Waals surface area (Å²) in [6.45, 7) is 2.05. The first-order valence-corrected chi connectivity index (χ1v) is 6.58. The van der Waals surface area contributed by atoms with Crippen LogP contribution in [-0.4, -0.2) is 32.2 Å². The van der Waals surface area contributed by atoms with Gasteiger partial charge in [-0.25, -0.2) is 4.68 Å². The van der Waals surface area contributed by atoms with Crippen LogP contribution in [0.15, 0.2) is 30.6 Å². The van der Waals surface area contributed by atoms with Crippen molar-refractivity contribution < 1.29 is 4.79 Å². The van der Waals surface area contributed by atoms with E-state index in [0.717, 1.165) is 18.5 Å². The lowest BCUT2D eigenvalue weighted by Gasteiger charge is -2.11. The molecule has 0 saturated heterocycles. The molecule has 0 aliphatic carbocycles. The Kier molecular flexibility index (Phi) is 4.78. The second-order valence-electron chi connectivity index (χ2n) is 4.61. The molecule has 2 aromatic rings. The van der Waals surface area contributed by atoms with Crippen molar-refractivity contribution in [2.75, 3.05) is 5.32 Å². The highest BCUT2D eigenvalue weighted by Gasteiger charge is 2.09. The van der Waals surface area contributed by atoms with Crippen molar-refractivity contribution in [2.45, 2.75) is 32.2 Å². The van der Waals surface area contributed by atoms with Crippen LogP contribution in [0.3, 0.4) is 0 Å². The number of nitrogens with one attached hydrogen (secondary N) is 1. The van der Waals surface area contributed by atoms with Crippen LogP contribution >= 0.6 is 0 Å². The Hall–Kier alpha value is -2.28. The predicted molar refractivity (Wildman–Crippen MR) is 75.3 cm³/mol. The maximum Gasteiger partial charge on any atom is 0.225 e. The number of aromatic nitrogens is 4. The molecule has 2 rings (SSSR count). The van der Waals surface area contributed by atoms with E-state index in [1.54, 1.807) is 6.07 Å². The third-order valence-corrected chi connectivity index (χ3v) is 2.85. The largest absolute Gasteiger partial charge is 0.327 e. The third kappa shape index (κ3) is 3.86. The van der Waals surface area contributed by atoms with E-state index in [-0.39, 0.29) is 11.9 Å². The van der Waals surface area contributed by atoms with E-state index >= 15 is 0 Å². The Bertz CT molecular complexity index is 554. The number of benzene rings is 1. The summed E-state index contributed by atoms with van der Waals surface area (Å²) < 4.78 is 1.53. The Labute approximate surface area is 117 Å². The van der Waals surface area contributed by atoms with Crippen LogP contribution in [0.1, 0.15) is 26.2 Å². The number of anilines is 1. The highest BCUT2D eigenvalue weighted by Crippen LogP contribution is 2.14. The number of amides is 1. The van der Waals surface area contributed by atoms with Gasteiger partial charge in [0.05, 0.1) is 5.69 Å². The highest BCUT2D eigenvalue weighted by atomic mass is 16.1. The molecule has 1 amide bonds. The zero-order valence-corrected chi connectivity index (χ0v) is 11.4. The third-order valence-electron chi connectivity index (χ3n) is 2.85. The summed E-state index contributed by atoms with van der Waals surface area (Å²) in [6.07, 6.45) is 3.64. The van der Waals surface area contributed by atoms with Crippen LogP contribution in [-0.2, 0) is 4.79 Å². The molecule has 0 aliphatic heterocycles. The Morgan fingerprint density at radius 1 is 1.50 bits per heavy atom. The molecule has 0 radical (unpaired) electrons. The van der Waals surface area contributed by atoms with Crippen molar-refractivity contribution >= 4 is 11.6 Å². The van der Waals surface area contributed by atoms with Gasteiger partial charge in [-0.2, -0.15) is 0 Å². The topological polar surface area (TPSA) is 98.7 Å². The summed E-state index contributed by atoms with van der Waals surface area (Å²) in [6, 6.07) is 7.21. The van der Waals surface area contributed by atoms with Crippen LogP contribution < -0.4 is 11.1 Å². The molecule has 20 heavy (non-hydrogen) atoms. The molecular weight excluding hydrogens is 256 g/mol. The molecule has 0 spiro atoms. The van der Waals surface area contributed by atoms with Gasteiger partial charge in [-0.15, -0.1) is 5.10 Å². The molecule has 1 aromatic heterocycles. The zero-order chi connectivity index (χ0) is 14.4. The first-order chi connectivity index (χ1) is 9.69. The minimum Gasteiger partial charge on any atom is -0.327 e. The number of carbonyl (C=O) groups is 1. The van der Waals surface area contributed by atoms with E-state index in [1.165, 1.54) is 11.0 Å². The van der Waals surface area contributed by atoms with Crippen LogP contribution in [0, 0.1) is 0 Å². The summed E-state index contributed by atoms with van der Waals surface area (Å²) in [5.41, 5.74) is 7.34. The fourth-order valence-corrected chi connectivity index (χ4v) is 1.93. The van der Waals surface area contributed by atoms with Gasteiger partial charge in [0.15, 0.2) is 0 Å². The quantitative estimate of drug-likeness (QED) is 0.822. The number of nitrogens with two attached hydrogens (primary N) is 1. The highest BCUT2D eigenvalue weighted by molar-refractivity contribution is 5.91. The summed E-state index contributed by atoms with van der Waals surface area (Å²) >= 11 is 0. The van der Waals surface area contributed by atoms with Crippen molar-refractivity contribution in [1.29, 1.82) is 0 Å². The first kappa shape index (κ1) is 14.1. The molecule has 3 N–H and O–H groups in total. The van der Waals surface area contributed by atoms with Crippen molar-refractivity contribution in [1.82, 2.24) is 20.2 Å². The van der Waals surface area contributed by atoms with E-state index in [0.29, 0.717) is 12.1 Å². The zero-order valence-electron chi connectivity index (χ0n) is 11.4. The fraction of sp³-hybridized carbons (Fsp3) is 0.385. The Morgan fingerprint density at radius 2 is 2.35 bits per heavy atom. The normalized spacial score (nSPS) is 12.1. The van der Waals surface area contributed by atoms with E-state index in [1.807, 2.05) is 25.1 Å². The lowest BCUT2D eigenvalue weighted by atomic mass is 10.1. The molecule has 1 unspecified atom stereocenters. The maximum atomic E-state index is 11.9. The smallest absolute Gasteiger partial charge is 0.225 e. The standard InChI is InChI=1S/C13H18N6O/c1-2-4-10(14)7-13(20)16-11-5-3-6-12(8-11)19-9-15-17-18-19/h3,5-6,8-10H,2,4,7,14H2,1H3,(H,16,20). The molecule has 1 heterocycles. The van der Waals surface area contributed by atoms with Crippen LogP contribution in [0.4, 0.5) is 5.69 Å². The molecule has 1 atom stereocenters. The summed E-state index contributed by atoms with van der Waals surface area (Å²) in [4.78, 5) is 11.9. The number of hydrogen-bond acceptors (Lipinski definition) is 5. The van der Waals surface area contributed by atoms with Crippen molar-refractivity contribution in [3.63, 3.8) is 0 Å². The molecule has 0 saturated carbocycles. The molecule has 0 fully saturated rings. The molecule has 1 aromatic carbocycles. The minimum absolute atomic E-state index is 0.0835.